The van der Waals surface area contributed by atoms with Crippen molar-refractivity contribution in [1.82, 2.24) is 9.88 Å². The van der Waals surface area contributed by atoms with Crippen LogP contribution in [0.2, 0.25) is 0 Å². The Morgan fingerprint density at radius 3 is 2.93 bits per heavy atom. The van der Waals surface area contributed by atoms with E-state index >= 15 is 0 Å². The Morgan fingerprint density at radius 1 is 1.53 bits per heavy atom. The van der Waals surface area contributed by atoms with Gasteiger partial charge in [0, 0.05) is 18.7 Å². The number of rotatable bonds is 1. The molecule has 0 spiro atoms. The molecule has 0 unspecified atom stereocenters. The molecule has 0 aliphatic carbocycles. The van der Waals surface area contributed by atoms with Gasteiger partial charge < -0.3 is 10.0 Å². The van der Waals surface area contributed by atoms with Gasteiger partial charge in [-0.1, -0.05) is 6.07 Å². The first kappa shape index (κ1) is 10.1. The molecule has 15 heavy (non-hydrogen) atoms. The van der Waals surface area contributed by atoms with Gasteiger partial charge >= 0.3 is 0 Å². The van der Waals surface area contributed by atoms with Crippen LogP contribution >= 0.6 is 0 Å². The maximum atomic E-state index is 11.9. The average Bonchev–Trinajstić information content (AvgIpc) is 2.63. The summed E-state index contributed by atoms with van der Waals surface area (Å²) >= 11 is 0. The van der Waals surface area contributed by atoms with Gasteiger partial charge in [-0.3, -0.25) is 4.79 Å². The van der Waals surface area contributed by atoms with E-state index in [1.807, 2.05) is 13.0 Å². The van der Waals surface area contributed by atoms with Crippen molar-refractivity contribution in [2.24, 2.45) is 0 Å². The lowest BCUT2D eigenvalue weighted by Gasteiger charge is -2.18. The van der Waals surface area contributed by atoms with Gasteiger partial charge in [-0.15, -0.1) is 0 Å². The van der Waals surface area contributed by atoms with Crippen LogP contribution in [0.15, 0.2) is 18.2 Å². The number of aliphatic hydroxyl groups is 1. The van der Waals surface area contributed by atoms with E-state index in [-0.39, 0.29) is 12.1 Å². The van der Waals surface area contributed by atoms with E-state index in [9.17, 15) is 9.90 Å². The molecule has 4 heteroatoms. The molecule has 1 fully saturated rings. The Morgan fingerprint density at radius 2 is 2.33 bits per heavy atom. The number of pyridine rings is 1. The van der Waals surface area contributed by atoms with E-state index in [2.05, 4.69) is 4.98 Å². The zero-order valence-corrected chi connectivity index (χ0v) is 8.60. The Hall–Kier alpha value is -1.42. The summed E-state index contributed by atoms with van der Waals surface area (Å²) in [6.07, 6.45) is 1.56. The largest absolute Gasteiger partial charge is 0.367 e. The van der Waals surface area contributed by atoms with Crippen LogP contribution in [0.3, 0.4) is 0 Å². The predicted molar refractivity (Wildman–Crippen MR) is 54.4 cm³/mol. The molecule has 79 valence electrons. The van der Waals surface area contributed by atoms with Crippen LogP contribution in [0.5, 0.6) is 0 Å². The zero-order valence-electron chi connectivity index (χ0n) is 8.60. The molecule has 1 aromatic rings. The van der Waals surface area contributed by atoms with E-state index in [0.29, 0.717) is 18.7 Å². The van der Waals surface area contributed by atoms with Crippen LogP contribution in [0.25, 0.3) is 0 Å². The number of nitrogens with zero attached hydrogens (tertiary/aromatic N) is 2. The molecule has 4 nitrogen and oxygen atoms in total. The van der Waals surface area contributed by atoms with Gasteiger partial charge in [-0.25, -0.2) is 4.98 Å². The maximum absolute atomic E-state index is 11.9. The highest BCUT2D eigenvalue weighted by Crippen LogP contribution is 2.22. The van der Waals surface area contributed by atoms with Gasteiger partial charge in [-0.05, 0) is 25.5 Å². The molecule has 0 bridgehead atoms. The third-order valence-corrected chi connectivity index (χ3v) is 2.45. The number of aliphatic hydroxyl groups excluding tert-OH is 1. The first-order chi connectivity index (χ1) is 7.18. The number of aryl methyl sites for hydroxylation is 1. The molecule has 1 aliphatic rings. The first-order valence-electron chi connectivity index (χ1n) is 4.99. The molecule has 1 radical (unpaired) electrons. The smallest absolute Gasteiger partial charge is 0.274 e. The summed E-state index contributed by atoms with van der Waals surface area (Å²) in [6, 6.07) is 5.30. The predicted octanol–water partition coefficient (Wildman–Crippen LogP) is 1.49. The molecule has 2 rings (SSSR count). The second-order valence-corrected chi connectivity index (χ2v) is 3.64. The highest BCUT2D eigenvalue weighted by molar-refractivity contribution is 5.93. The fourth-order valence-corrected chi connectivity index (χ4v) is 1.68. The van der Waals surface area contributed by atoms with Crippen LogP contribution in [0.1, 0.15) is 29.0 Å². The number of hydrogen-bond donors (Lipinski definition) is 1. The summed E-state index contributed by atoms with van der Waals surface area (Å²) in [5, 5.41) is 9.48. The molecule has 1 amide bonds. The summed E-state index contributed by atoms with van der Waals surface area (Å²) < 4.78 is 0. The quantitative estimate of drug-likeness (QED) is 0.755. The molecule has 0 atom stereocenters. The number of likely N-dealkylation sites (tertiary alicyclic amines) is 1. The van der Waals surface area contributed by atoms with E-state index in [1.165, 1.54) is 4.90 Å². The second-order valence-electron chi connectivity index (χ2n) is 3.64. The lowest BCUT2D eigenvalue weighted by Crippen LogP contribution is -2.31. The Labute approximate surface area is 88.6 Å². The minimum atomic E-state index is -0.214. The Bertz CT molecular complexity index is 379. The van der Waals surface area contributed by atoms with Crippen LogP contribution in [-0.4, -0.2) is 27.4 Å². The van der Waals surface area contributed by atoms with Crippen molar-refractivity contribution < 1.29 is 9.90 Å². The SMILES string of the molecule is Cc1cccc(C(=O)N2CCC[C]2O)n1. The van der Waals surface area contributed by atoms with Gasteiger partial charge in [0.1, 0.15) is 5.69 Å². The molecule has 1 aromatic heterocycles. The summed E-state index contributed by atoms with van der Waals surface area (Å²) in [7, 11) is 0. The van der Waals surface area contributed by atoms with Crippen LogP contribution < -0.4 is 0 Å². The second kappa shape index (κ2) is 3.98. The monoisotopic (exact) mass is 205 g/mol. The van der Waals surface area contributed by atoms with Gasteiger partial charge in [0.15, 0.2) is 6.23 Å². The van der Waals surface area contributed by atoms with Crippen molar-refractivity contribution in [3.63, 3.8) is 0 Å². The molecule has 1 saturated heterocycles. The van der Waals surface area contributed by atoms with Crippen molar-refractivity contribution in [3.8, 4) is 0 Å². The van der Waals surface area contributed by atoms with E-state index in [4.69, 9.17) is 0 Å². The molecule has 1 N–H and O–H groups in total. The highest BCUT2D eigenvalue weighted by Gasteiger charge is 2.29. The lowest BCUT2D eigenvalue weighted by molar-refractivity contribution is 0.0652. The molecular weight excluding hydrogens is 192 g/mol. The number of hydrogen-bond acceptors (Lipinski definition) is 3. The van der Waals surface area contributed by atoms with E-state index in [0.717, 1.165) is 12.1 Å². The summed E-state index contributed by atoms with van der Waals surface area (Å²) in [5.74, 6) is -0.214. The number of carbonyl (C=O) groups excluding carboxylic acids is 1. The number of carbonyl (C=O) groups is 1. The normalized spacial score (nSPS) is 17.1. The Balaban J connectivity index is 2.20. The van der Waals surface area contributed by atoms with Gasteiger partial charge in [0.2, 0.25) is 0 Å². The average molecular weight is 205 g/mol. The summed E-state index contributed by atoms with van der Waals surface area (Å²) in [5.41, 5.74) is 1.20. The maximum Gasteiger partial charge on any atom is 0.274 e. The zero-order chi connectivity index (χ0) is 10.8. The van der Waals surface area contributed by atoms with Crippen molar-refractivity contribution in [1.29, 1.82) is 0 Å². The van der Waals surface area contributed by atoms with Crippen LogP contribution in [-0.2, 0) is 0 Å². The molecule has 1 aliphatic heterocycles. The third kappa shape index (κ3) is 1.99. The van der Waals surface area contributed by atoms with Crippen LogP contribution in [0.4, 0.5) is 0 Å². The minimum absolute atomic E-state index is 0.156. The number of amides is 1. The Kier molecular flexibility index (Phi) is 2.68. The van der Waals surface area contributed by atoms with E-state index < -0.39 is 0 Å². The molecule has 0 saturated carbocycles. The summed E-state index contributed by atoms with van der Waals surface area (Å²) in [4.78, 5) is 17.4. The van der Waals surface area contributed by atoms with Crippen molar-refractivity contribution in [2.75, 3.05) is 6.54 Å². The van der Waals surface area contributed by atoms with Crippen molar-refractivity contribution >= 4 is 5.91 Å². The van der Waals surface area contributed by atoms with Gasteiger partial charge in [-0.2, -0.15) is 0 Å². The topological polar surface area (TPSA) is 53.4 Å². The third-order valence-electron chi connectivity index (χ3n) is 2.45. The number of aromatic nitrogens is 1. The van der Waals surface area contributed by atoms with Crippen molar-refractivity contribution in [2.45, 2.75) is 19.8 Å². The molecule has 0 aromatic carbocycles. The van der Waals surface area contributed by atoms with Crippen LogP contribution in [0, 0.1) is 13.2 Å². The fourth-order valence-electron chi connectivity index (χ4n) is 1.68. The fraction of sp³-hybridized carbons (Fsp3) is 0.364. The van der Waals surface area contributed by atoms with Gasteiger partial charge in [0.25, 0.3) is 5.91 Å². The standard InChI is InChI=1S/C11H13N2O2/c1-8-4-2-5-9(12-8)11(15)13-7-3-6-10(13)14/h2,4-5,14H,3,6-7H2,1H3. The minimum Gasteiger partial charge on any atom is -0.367 e. The van der Waals surface area contributed by atoms with E-state index in [1.54, 1.807) is 12.1 Å². The first-order valence-corrected chi connectivity index (χ1v) is 4.99. The van der Waals surface area contributed by atoms with Gasteiger partial charge in [0.05, 0.1) is 0 Å². The molecular formula is C11H13N2O2. The lowest BCUT2D eigenvalue weighted by atomic mass is 10.3. The highest BCUT2D eigenvalue weighted by atomic mass is 16.3. The van der Waals surface area contributed by atoms with Crippen molar-refractivity contribution in [3.05, 3.63) is 35.8 Å². The molecule has 2 heterocycles. The summed E-state index contributed by atoms with van der Waals surface area (Å²) in [6.45, 7) is 2.42.